The molecule has 3 amide bonds. The Kier molecular flexibility index (Phi) is 13.3. The predicted octanol–water partition coefficient (Wildman–Crippen LogP) is 6.90. The van der Waals surface area contributed by atoms with E-state index in [0.29, 0.717) is 6.54 Å². The second-order valence-electron chi connectivity index (χ2n) is 12.2. The average molecular weight is 544 g/mol. The van der Waals surface area contributed by atoms with Crippen LogP contribution in [0.4, 0.5) is 4.79 Å². The molecular weight excluding hydrogens is 490 g/mol. The Morgan fingerprint density at radius 2 is 1.64 bits per heavy atom. The summed E-state index contributed by atoms with van der Waals surface area (Å²) in [5.74, 6) is -0.418. The maximum absolute atomic E-state index is 14.0. The molecule has 2 unspecified atom stereocenters. The minimum absolute atomic E-state index is 0.127. The summed E-state index contributed by atoms with van der Waals surface area (Å²) in [6, 6.07) is 4.46. The van der Waals surface area contributed by atoms with Gasteiger partial charge in [-0.2, -0.15) is 0 Å². The first kappa shape index (κ1) is 32.6. The van der Waals surface area contributed by atoms with E-state index in [1.165, 1.54) is 25.7 Å². The molecule has 1 saturated carbocycles. The van der Waals surface area contributed by atoms with E-state index < -0.39 is 23.8 Å². The number of ether oxygens (including phenoxy) is 1. The van der Waals surface area contributed by atoms with Gasteiger partial charge in [0, 0.05) is 12.6 Å². The number of benzene rings is 1. The van der Waals surface area contributed by atoms with Crippen molar-refractivity contribution in [3.8, 4) is 0 Å². The number of rotatable bonds is 13. The largest absolute Gasteiger partial charge is 0.444 e. The molecule has 1 aliphatic rings. The quantitative estimate of drug-likeness (QED) is 0.265. The van der Waals surface area contributed by atoms with Gasteiger partial charge in [-0.3, -0.25) is 9.59 Å². The van der Waals surface area contributed by atoms with E-state index in [2.05, 4.69) is 17.6 Å². The lowest BCUT2D eigenvalue weighted by molar-refractivity contribution is -0.142. The summed E-state index contributed by atoms with van der Waals surface area (Å²) in [6.45, 7) is 13.7. The summed E-state index contributed by atoms with van der Waals surface area (Å²) in [4.78, 5) is 42.2. The number of carbonyl (C=O) groups is 3. The zero-order valence-corrected chi connectivity index (χ0v) is 25.5. The molecule has 0 aliphatic heterocycles. The first-order valence-corrected chi connectivity index (χ1v) is 15.1. The summed E-state index contributed by atoms with van der Waals surface area (Å²) in [7, 11) is 0. The molecule has 2 rings (SSSR count). The fourth-order valence-corrected chi connectivity index (χ4v) is 5.27. The van der Waals surface area contributed by atoms with Gasteiger partial charge in [0.05, 0.1) is 0 Å². The maximum Gasteiger partial charge on any atom is 0.408 e. The van der Waals surface area contributed by atoms with Crippen LogP contribution in [0.25, 0.3) is 0 Å². The SMILES string of the molecule is CCCCCCCCN(C(=O)C(C)NC(=O)OC(C)(C)C)C(C(=O)NC1CCCCC1)c1cccc(C)c1C. The highest BCUT2D eigenvalue weighted by molar-refractivity contribution is 5.92. The van der Waals surface area contributed by atoms with Crippen molar-refractivity contribution in [1.29, 1.82) is 0 Å². The van der Waals surface area contributed by atoms with Gasteiger partial charge in [0.1, 0.15) is 17.7 Å². The number of nitrogens with zero attached hydrogens (tertiary/aromatic N) is 1. The molecule has 1 aromatic rings. The average Bonchev–Trinajstić information content (AvgIpc) is 2.86. The van der Waals surface area contributed by atoms with Crippen LogP contribution in [-0.2, 0) is 14.3 Å². The highest BCUT2D eigenvalue weighted by atomic mass is 16.6. The van der Waals surface area contributed by atoms with Crippen molar-refractivity contribution in [3.05, 3.63) is 34.9 Å². The summed E-state index contributed by atoms with van der Waals surface area (Å²) in [5.41, 5.74) is 2.25. The lowest BCUT2D eigenvalue weighted by Gasteiger charge is -2.36. The van der Waals surface area contributed by atoms with Crippen LogP contribution < -0.4 is 10.6 Å². The topological polar surface area (TPSA) is 87.7 Å². The monoisotopic (exact) mass is 543 g/mol. The van der Waals surface area contributed by atoms with Crippen LogP contribution in [0, 0.1) is 13.8 Å². The van der Waals surface area contributed by atoms with Crippen molar-refractivity contribution in [2.45, 2.75) is 143 Å². The van der Waals surface area contributed by atoms with Crippen LogP contribution in [0.15, 0.2) is 18.2 Å². The lowest BCUT2D eigenvalue weighted by Crippen LogP contribution is -2.53. The third-order valence-electron chi connectivity index (χ3n) is 7.59. The second-order valence-corrected chi connectivity index (χ2v) is 12.2. The Labute approximate surface area is 236 Å². The van der Waals surface area contributed by atoms with E-state index in [4.69, 9.17) is 4.74 Å². The van der Waals surface area contributed by atoms with Crippen LogP contribution >= 0.6 is 0 Å². The Hall–Kier alpha value is -2.57. The van der Waals surface area contributed by atoms with Crippen molar-refractivity contribution in [1.82, 2.24) is 15.5 Å². The van der Waals surface area contributed by atoms with Gasteiger partial charge < -0.3 is 20.3 Å². The minimum atomic E-state index is -0.838. The maximum atomic E-state index is 14.0. The Balaban J connectivity index is 2.37. The van der Waals surface area contributed by atoms with Gasteiger partial charge in [-0.1, -0.05) is 76.5 Å². The fourth-order valence-electron chi connectivity index (χ4n) is 5.27. The van der Waals surface area contributed by atoms with Gasteiger partial charge in [0.25, 0.3) is 0 Å². The highest BCUT2D eigenvalue weighted by Crippen LogP contribution is 2.29. The molecule has 1 aliphatic carbocycles. The first-order chi connectivity index (χ1) is 18.4. The summed E-state index contributed by atoms with van der Waals surface area (Å²) >= 11 is 0. The van der Waals surface area contributed by atoms with E-state index in [-0.39, 0.29) is 17.9 Å². The number of nitrogens with one attached hydrogen (secondary N) is 2. The van der Waals surface area contributed by atoms with Crippen molar-refractivity contribution in [2.24, 2.45) is 0 Å². The Morgan fingerprint density at radius 1 is 1.00 bits per heavy atom. The summed E-state index contributed by atoms with van der Waals surface area (Å²) in [6.07, 6.45) is 11.1. The highest BCUT2D eigenvalue weighted by Gasteiger charge is 2.36. The molecule has 0 bridgehead atoms. The number of hydrogen-bond acceptors (Lipinski definition) is 4. The normalized spacial score (nSPS) is 15.8. The minimum Gasteiger partial charge on any atom is -0.444 e. The van der Waals surface area contributed by atoms with Gasteiger partial charge in [0.15, 0.2) is 0 Å². The molecule has 39 heavy (non-hydrogen) atoms. The van der Waals surface area contributed by atoms with Crippen LogP contribution in [0.3, 0.4) is 0 Å². The lowest BCUT2D eigenvalue weighted by atomic mass is 9.92. The molecule has 220 valence electrons. The van der Waals surface area contributed by atoms with Crippen LogP contribution in [0.5, 0.6) is 0 Å². The van der Waals surface area contributed by atoms with Crippen molar-refractivity contribution < 1.29 is 19.1 Å². The molecular formula is C32H53N3O4. The molecule has 0 aromatic heterocycles. The molecule has 1 aromatic carbocycles. The standard InChI is InChI=1S/C32H53N3O4/c1-8-9-10-11-12-16-22-35(30(37)25(4)33-31(38)39-32(5,6)7)28(27-21-17-18-23(2)24(27)3)29(36)34-26-19-14-13-15-20-26/h17-18,21,25-26,28H,8-16,19-20,22H2,1-7H3,(H,33,38)(H,34,36). The zero-order valence-electron chi connectivity index (χ0n) is 25.5. The molecule has 0 radical (unpaired) electrons. The molecule has 1 fully saturated rings. The van der Waals surface area contributed by atoms with Crippen LogP contribution in [-0.4, -0.2) is 47.0 Å². The van der Waals surface area contributed by atoms with Crippen LogP contribution in [0.1, 0.15) is 128 Å². The van der Waals surface area contributed by atoms with Gasteiger partial charge in [-0.15, -0.1) is 0 Å². The number of hydrogen-bond donors (Lipinski definition) is 2. The molecule has 2 atom stereocenters. The van der Waals surface area contributed by atoms with E-state index in [0.717, 1.165) is 61.6 Å². The number of carbonyl (C=O) groups excluding carboxylic acids is 3. The fraction of sp³-hybridized carbons (Fsp3) is 0.719. The van der Waals surface area contributed by atoms with Crippen molar-refractivity contribution in [2.75, 3.05) is 6.54 Å². The Bertz CT molecular complexity index is 934. The van der Waals surface area contributed by atoms with E-state index in [1.54, 1.807) is 32.6 Å². The first-order valence-electron chi connectivity index (χ1n) is 15.1. The van der Waals surface area contributed by atoms with Gasteiger partial charge in [0.2, 0.25) is 11.8 Å². The smallest absolute Gasteiger partial charge is 0.408 e. The van der Waals surface area contributed by atoms with Crippen LogP contribution in [0.2, 0.25) is 0 Å². The summed E-state index contributed by atoms with van der Waals surface area (Å²) in [5, 5.41) is 5.99. The van der Waals surface area contributed by atoms with Gasteiger partial charge in [-0.05, 0) is 77.5 Å². The van der Waals surface area contributed by atoms with E-state index >= 15 is 0 Å². The molecule has 7 nitrogen and oxygen atoms in total. The third-order valence-corrected chi connectivity index (χ3v) is 7.59. The van der Waals surface area contributed by atoms with Crippen molar-refractivity contribution in [3.63, 3.8) is 0 Å². The van der Waals surface area contributed by atoms with E-state index in [9.17, 15) is 14.4 Å². The third kappa shape index (κ3) is 10.8. The Morgan fingerprint density at radius 3 is 2.28 bits per heavy atom. The summed E-state index contributed by atoms with van der Waals surface area (Å²) < 4.78 is 5.40. The number of unbranched alkanes of at least 4 members (excludes halogenated alkanes) is 5. The molecule has 7 heteroatoms. The number of aryl methyl sites for hydroxylation is 1. The molecule has 0 heterocycles. The zero-order chi connectivity index (χ0) is 29.0. The second kappa shape index (κ2) is 15.9. The van der Waals surface area contributed by atoms with Gasteiger partial charge in [-0.25, -0.2) is 4.79 Å². The predicted molar refractivity (Wildman–Crippen MR) is 158 cm³/mol. The molecule has 0 spiro atoms. The number of alkyl carbamates (subject to hydrolysis) is 1. The van der Waals surface area contributed by atoms with Crippen molar-refractivity contribution >= 4 is 17.9 Å². The molecule has 0 saturated heterocycles. The number of amides is 3. The van der Waals surface area contributed by atoms with Gasteiger partial charge >= 0.3 is 6.09 Å². The molecule has 2 N–H and O–H groups in total. The van der Waals surface area contributed by atoms with E-state index in [1.807, 2.05) is 32.0 Å².